The molecule has 0 bridgehead atoms. The summed E-state index contributed by atoms with van der Waals surface area (Å²) >= 11 is 0. The van der Waals surface area contributed by atoms with Crippen LogP contribution in [0.15, 0.2) is 12.0 Å². The van der Waals surface area contributed by atoms with Crippen LogP contribution in [-0.4, -0.2) is 7.05 Å². The SMILES string of the molecule is CN/C(=C/CC(C)C)ON. The monoisotopic (exact) mass is 144 g/mol. The predicted molar refractivity (Wildman–Crippen MR) is 41.9 cm³/mol. The van der Waals surface area contributed by atoms with Crippen molar-refractivity contribution in [2.75, 3.05) is 7.05 Å². The highest BCUT2D eigenvalue weighted by Crippen LogP contribution is 2.01. The lowest BCUT2D eigenvalue weighted by molar-refractivity contribution is 0.200. The summed E-state index contributed by atoms with van der Waals surface area (Å²) < 4.78 is 0. The highest BCUT2D eigenvalue weighted by molar-refractivity contribution is 4.88. The number of nitrogens with one attached hydrogen (secondary N) is 1. The van der Waals surface area contributed by atoms with Gasteiger partial charge in [-0.1, -0.05) is 13.8 Å². The second-order valence-electron chi connectivity index (χ2n) is 2.57. The lowest BCUT2D eigenvalue weighted by Gasteiger charge is -2.04. The molecule has 0 saturated carbocycles. The highest BCUT2D eigenvalue weighted by Gasteiger charge is 1.93. The molecule has 0 heterocycles. The van der Waals surface area contributed by atoms with Crippen LogP contribution >= 0.6 is 0 Å². The summed E-state index contributed by atoms with van der Waals surface area (Å²) in [5.41, 5.74) is 0. The van der Waals surface area contributed by atoms with E-state index in [1.807, 2.05) is 6.08 Å². The maximum Gasteiger partial charge on any atom is 0.207 e. The summed E-state index contributed by atoms with van der Waals surface area (Å²) in [6, 6.07) is 0. The van der Waals surface area contributed by atoms with E-state index in [0.29, 0.717) is 11.8 Å². The number of hydrogen-bond donors (Lipinski definition) is 2. The van der Waals surface area contributed by atoms with Gasteiger partial charge in [-0.3, -0.25) is 0 Å². The van der Waals surface area contributed by atoms with Crippen molar-refractivity contribution in [2.45, 2.75) is 20.3 Å². The first-order chi connectivity index (χ1) is 4.70. The van der Waals surface area contributed by atoms with Gasteiger partial charge in [0.15, 0.2) is 0 Å². The second kappa shape index (κ2) is 5.11. The molecule has 0 radical (unpaired) electrons. The van der Waals surface area contributed by atoms with Crippen molar-refractivity contribution in [1.29, 1.82) is 0 Å². The maximum absolute atomic E-state index is 4.94. The molecule has 0 rings (SSSR count). The third kappa shape index (κ3) is 4.21. The van der Waals surface area contributed by atoms with Crippen LogP contribution in [0.5, 0.6) is 0 Å². The Morgan fingerprint density at radius 1 is 1.70 bits per heavy atom. The van der Waals surface area contributed by atoms with Crippen molar-refractivity contribution >= 4 is 0 Å². The molecule has 0 aliphatic rings. The van der Waals surface area contributed by atoms with Gasteiger partial charge in [-0.05, 0) is 18.4 Å². The zero-order valence-electron chi connectivity index (χ0n) is 6.85. The standard InChI is InChI=1S/C7H16N2O/c1-6(2)4-5-7(9-3)10-8/h5-6,9H,4,8H2,1-3H3/b7-5-. The van der Waals surface area contributed by atoms with E-state index >= 15 is 0 Å². The van der Waals surface area contributed by atoms with E-state index in [4.69, 9.17) is 5.90 Å². The first-order valence-corrected chi connectivity index (χ1v) is 3.45. The first kappa shape index (κ1) is 9.30. The van der Waals surface area contributed by atoms with Crippen LogP contribution in [-0.2, 0) is 4.84 Å². The Balaban J connectivity index is 3.63. The molecule has 0 aromatic heterocycles. The molecule has 3 nitrogen and oxygen atoms in total. The lowest BCUT2D eigenvalue weighted by Crippen LogP contribution is -2.13. The Hall–Kier alpha value is -0.700. The van der Waals surface area contributed by atoms with Crippen LogP contribution in [0.25, 0.3) is 0 Å². The summed E-state index contributed by atoms with van der Waals surface area (Å²) in [4.78, 5) is 4.50. The Labute approximate surface area is 62.2 Å². The average molecular weight is 144 g/mol. The summed E-state index contributed by atoms with van der Waals surface area (Å²) in [7, 11) is 1.78. The van der Waals surface area contributed by atoms with E-state index in [-0.39, 0.29) is 0 Å². The Morgan fingerprint density at radius 2 is 2.30 bits per heavy atom. The Kier molecular flexibility index (Phi) is 4.76. The molecule has 3 heteroatoms. The molecule has 0 atom stereocenters. The maximum atomic E-state index is 4.94. The summed E-state index contributed by atoms with van der Waals surface area (Å²) in [5, 5.41) is 2.82. The lowest BCUT2D eigenvalue weighted by atomic mass is 10.1. The fraction of sp³-hybridized carbons (Fsp3) is 0.714. The van der Waals surface area contributed by atoms with Crippen LogP contribution in [0.4, 0.5) is 0 Å². The molecule has 0 fully saturated rings. The Bertz CT molecular complexity index is 104. The van der Waals surface area contributed by atoms with Crippen molar-refractivity contribution in [3.63, 3.8) is 0 Å². The fourth-order valence-corrected chi connectivity index (χ4v) is 0.552. The topological polar surface area (TPSA) is 47.3 Å². The van der Waals surface area contributed by atoms with E-state index < -0.39 is 0 Å². The van der Waals surface area contributed by atoms with E-state index in [9.17, 15) is 0 Å². The molecule has 3 N–H and O–H groups in total. The van der Waals surface area contributed by atoms with Crippen molar-refractivity contribution in [2.24, 2.45) is 11.8 Å². The predicted octanol–water partition coefficient (Wildman–Crippen LogP) is 0.984. The van der Waals surface area contributed by atoms with Gasteiger partial charge in [-0.25, -0.2) is 0 Å². The molecule has 0 aromatic rings. The molecule has 0 aliphatic carbocycles. The van der Waals surface area contributed by atoms with E-state index in [2.05, 4.69) is 24.0 Å². The molecule has 60 valence electrons. The number of nitrogens with two attached hydrogens (primary N) is 1. The Morgan fingerprint density at radius 3 is 2.60 bits per heavy atom. The number of rotatable bonds is 4. The molecule has 0 amide bonds. The summed E-state index contributed by atoms with van der Waals surface area (Å²) in [5.74, 6) is 6.21. The molecule has 0 aromatic carbocycles. The van der Waals surface area contributed by atoms with Gasteiger partial charge in [0.2, 0.25) is 5.88 Å². The molecule has 0 spiro atoms. The van der Waals surface area contributed by atoms with Gasteiger partial charge in [0.25, 0.3) is 0 Å². The van der Waals surface area contributed by atoms with Gasteiger partial charge in [-0.15, -0.1) is 0 Å². The largest absolute Gasteiger partial charge is 0.394 e. The zero-order valence-corrected chi connectivity index (χ0v) is 6.85. The molecule has 0 unspecified atom stereocenters. The fourth-order valence-electron chi connectivity index (χ4n) is 0.552. The van der Waals surface area contributed by atoms with Crippen LogP contribution in [0.1, 0.15) is 20.3 Å². The van der Waals surface area contributed by atoms with Crippen molar-refractivity contribution in [3.8, 4) is 0 Å². The van der Waals surface area contributed by atoms with Gasteiger partial charge in [0, 0.05) is 7.05 Å². The van der Waals surface area contributed by atoms with Gasteiger partial charge in [0.05, 0.1) is 0 Å². The van der Waals surface area contributed by atoms with Crippen LogP contribution < -0.4 is 11.2 Å². The van der Waals surface area contributed by atoms with E-state index in [1.54, 1.807) is 7.05 Å². The second-order valence-corrected chi connectivity index (χ2v) is 2.57. The average Bonchev–Trinajstić information content (AvgIpc) is 1.90. The smallest absolute Gasteiger partial charge is 0.207 e. The van der Waals surface area contributed by atoms with E-state index in [1.165, 1.54) is 0 Å². The van der Waals surface area contributed by atoms with Gasteiger partial charge in [-0.2, -0.15) is 5.90 Å². The first-order valence-electron chi connectivity index (χ1n) is 3.45. The summed E-state index contributed by atoms with van der Waals surface area (Å²) in [6.07, 6.45) is 2.91. The van der Waals surface area contributed by atoms with Crippen molar-refractivity contribution < 1.29 is 4.84 Å². The third-order valence-electron chi connectivity index (χ3n) is 1.15. The highest BCUT2D eigenvalue weighted by atomic mass is 16.6. The minimum absolute atomic E-state index is 0.633. The molecule has 10 heavy (non-hydrogen) atoms. The van der Waals surface area contributed by atoms with Crippen molar-refractivity contribution in [3.05, 3.63) is 12.0 Å². The molecule has 0 saturated heterocycles. The van der Waals surface area contributed by atoms with Crippen LogP contribution in [0.2, 0.25) is 0 Å². The molecular weight excluding hydrogens is 128 g/mol. The van der Waals surface area contributed by atoms with Gasteiger partial charge >= 0.3 is 0 Å². The zero-order chi connectivity index (χ0) is 7.98. The normalized spacial score (nSPS) is 11.9. The van der Waals surface area contributed by atoms with Crippen LogP contribution in [0, 0.1) is 5.92 Å². The van der Waals surface area contributed by atoms with E-state index in [0.717, 1.165) is 6.42 Å². The third-order valence-corrected chi connectivity index (χ3v) is 1.15. The van der Waals surface area contributed by atoms with Crippen molar-refractivity contribution in [1.82, 2.24) is 5.32 Å². The number of hydrogen-bond acceptors (Lipinski definition) is 3. The number of allylic oxidation sites excluding steroid dienone is 1. The molecular formula is C7H16N2O. The quantitative estimate of drug-likeness (QED) is 0.457. The molecule has 0 aliphatic heterocycles. The summed E-state index contributed by atoms with van der Waals surface area (Å²) in [6.45, 7) is 4.28. The van der Waals surface area contributed by atoms with Gasteiger partial charge < -0.3 is 10.2 Å². The van der Waals surface area contributed by atoms with Crippen LogP contribution in [0.3, 0.4) is 0 Å². The minimum Gasteiger partial charge on any atom is -0.394 e. The minimum atomic E-state index is 0.633. The van der Waals surface area contributed by atoms with Gasteiger partial charge in [0.1, 0.15) is 0 Å².